The van der Waals surface area contributed by atoms with Gasteiger partial charge in [0.05, 0.1) is 20.3 Å². The first kappa shape index (κ1) is 13.8. The largest absolute Gasteiger partial charge is 0.493 e. The second-order valence-corrected chi connectivity index (χ2v) is 4.71. The Hall–Kier alpha value is -1.26. The summed E-state index contributed by atoms with van der Waals surface area (Å²) in [6, 6.07) is 5.38. The highest BCUT2D eigenvalue weighted by Gasteiger charge is 2.28. The summed E-state index contributed by atoms with van der Waals surface area (Å²) < 4.78 is 10.4. The van der Waals surface area contributed by atoms with Gasteiger partial charge in [0.25, 0.3) is 0 Å². The lowest BCUT2D eigenvalue weighted by molar-refractivity contribution is 0.0553. The number of benzene rings is 1. The highest BCUT2D eigenvalue weighted by molar-refractivity contribution is 5.43. The Kier molecular flexibility index (Phi) is 4.37. The van der Waals surface area contributed by atoms with E-state index in [0.29, 0.717) is 18.0 Å². The Labute approximate surface area is 102 Å². The third kappa shape index (κ3) is 2.90. The van der Waals surface area contributed by atoms with E-state index >= 15 is 0 Å². The van der Waals surface area contributed by atoms with E-state index in [9.17, 15) is 5.11 Å². The van der Waals surface area contributed by atoms with Crippen molar-refractivity contribution in [2.24, 2.45) is 11.1 Å². The van der Waals surface area contributed by atoms with Crippen LogP contribution in [0.2, 0.25) is 0 Å². The summed E-state index contributed by atoms with van der Waals surface area (Å²) in [5.74, 6) is 1.26. The Morgan fingerprint density at radius 3 is 2.29 bits per heavy atom. The summed E-state index contributed by atoms with van der Waals surface area (Å²) in [4.78, 5) is 0. The minimum atomic E-state index is -0.632. The highest BCUT2D eigenvalue weighted by Crippen LogP contribution is 2.36. The van der Waals surface area contributed by atoms with Crippen LogP contribution in [-0.4, -0.2) is 25.9 Å². The van der Waals surface area contributed by atoms with Crippen molar-refractivity contribution < 1.29 is 14.6 Å². The van der Waals surface area contributed by atoms with Crippen molar-refractivity contribution in [3.63, 3.8) is 0 Å². The maximum Gasteiger partial charge on any atom is 0.161 e. The lowest BCUT2D eigenvalue weighted by Crippen LogP contribution is -2.30. The normalized spacial score (nSPS) is 13.3. The summed E-state index contributed by atoms with van der Waals surface area (Å²) in [6.45, 7) is 4.26. The minimum Gasteiger partial charge on any atom is -0.493 e. The van der Waals surface area contributed by atoms with E-state index in [0.717, 1.165) is 5.56 Å². The Balaban J connectivity index is 3.07. The maximum absolute atomic E-state index is 10.3. The van der Waals surface area contributed by atoms with E-state index in [-0.39, 0.29) is 5.41 Å². The minimum absolute atomic E-state index is 0.375. The van der Waals surface area contributed by atoms with E-state index < -0.39 is 6.10 Å². The van der Waals surface area contributed by atoms with Crippen LogP contribution in [0.3, 0.4) is 0 Å². The summed E-state index contributed by atoms with van der Waals surface area (Å²) in [7, 11) is 3.15. The Morgan fingerprint density at radius 2 is 1.82 bits per heavy atom. The van der Waals surface area contributed by atoms with Crippen LogP contribution in [-0.2, 0) is 0 Å². The summed E-state index contributed by atoms with van der Waals surface area (Å²) in [5, 5.41) is 10.3. The molecule has 4 heteroatoms. The molecule has 1 aromatic carbocycles. The zero-order valence-corrected chi connectivity index (χ0v) is 10.9. The highest BCUT2D eigenvalue weighted by atomic mass is 16.5. The van der Waals surface area contributed by atoms with Gasteiger partial charge in [-0.05, 0) is 17.7 Å². The van der Waals surface area contributed by atoms with Crippen LogP contribution in [0.25, 0.3) is 0 Å². The maximum atomic E-state index is 10.3. The van der Waals surface area contributed by atoms with Gasteiger partial charge in [-0.1, -0.05) is 19.9 Å². The first-order valence-corrected chi connectivity index (χ1v) is 5.56. The molecule has 4 nitrogen and oxygen atoms in total. The Morgan fingerprint density at radius 1 is 1.24 bits per heavy atom. The van der Waals surface area contributed by atoms with E-state index in [2.05, 4.69) is 0 Å². The number of methoxy groups -OCH3 is 2. The number of nitrogens with two attached hydrogens (primary N) is 1. The molecule has 0 aliphatic carbocycles. The van der Waals surface area contributed by atoms with Crippen molar-refractivity contribution in [1.29, 1.82) is 0 Å². The van der Waals surface area contributed by atoms with Gasteiger partial charge in [0.15, 0.2) is 11.5 Å². The fraction of sp³-hybridized carbons (Fsp3) is 0.538. The van der Waals surface area contributed by atoms with Gasteiger partial charge in [-0.2, -0.15) is 0 Å². The van der Waals surface area contributed by atoms with Gasteiger partial charge in [0.2, 0.25) is 0 Å². The SMILES string of the molecule is COc1ccc(C(O)C(C)(C)CN)cc1OC. The number of rotatable bonds is 5. The molecule has 0 amide bonds. The van der Waals surface area contributed by atoms with Crippen molar-refractivity contribution >= 4 is 0 Å². The van der Waals surface area contributed by atoms with Crippen molar-refractivity contribution in [2.75, 3.05) is 20.8 Å². The van der Waals surface area contributed by atoms with E-state index in [4.69, 9.17) is 15.2 Å². The molecule has 0 heterocycles. The van der Waals surface area contributed by atoms with Crippen LogP contribution < -0.4 is 15.2 Å². The standard InChI is InChI=1S/C13H21NO3/c1-13(2,8-14)12(15)9-5-6-10(16-3)11(7-9)17-4/h5-7,12,15H,8,14H2,1-4H3. The molecule has 3 N–H and O–H groups in total. The number of ether oxygens (including phenoxy) is 2. The van der Waals surface area contributed by atoms with E-state index in [1.54, 1.807) is 26.4 Å². The molecule has 1 aromatic rings. The van der Waals surface area contributed by atoms with Crippen LogP contribution in [0.1, 0.15) is 25.5 Å². The molecule has 0 fully saturated rings. The zero-order valence-electron chi connectivity index (χ0n) is 10.9. The molecule has 0 aromatic heterocycles. The Bertz CT molecular complexity index is 377. The molecule has 0 spiro atoms. The van der Waals surface area contributed by atoms with E-state index in [1.165, 1.54) is 0 Å². The third-order valence-corrected chi connectivity index (χ3v) is 2.99. The molecule has 0 aliphatic heterocycles. The van der Waals surface area contributed by atoms with Crippen LogP contribution in [0.5, 0.6) is 11.5 Å². The molecule has 1 rings (SSSR count). The first-order valence-electron chi connectivity index (χ1n) is 5.56. The quantitative estimate of drug-likeness (QED) is 0.821. The molecular formula is C13H21NO3. The number of aliphatic hydroxyl groups excluding tert-OH is 1. The van der Waals surface area contributed by atoms with Crippen molar-refractivity contribution in [3.8, 4) is 11.5 Å². The number of hydrogen-bond donors (Lipinski definition) is 2. The molecule has 0 saturated heterocycles. The third-order valence-electron chi connectivity index (χ3n) is 2.99. The molecule has 1 unspecified atom stereocenters. The molecule has 0 radical (unpaired) electrons. The fourth-order valence-corrected chi connectivity index (χ4v) is 1.59. The molecule has 0 aliphatic rings. The van der Waals surface area contributed by atoms with Crippen molar-refractivity contribution in [3.05, 3.63) is 23.8 Å². The average Bonchev–Trinajstić information content (AvgIpc) is 2.36. The average molecular weight is 239 g/mol. The first-order chi connectivity index (χ1) is 7.96. The van der Waals surface area contributed by atoms with Gasteiger partial charge in [0, 0.05) is 12.0 Å². The lowest BCUT2D eigenvalue weighted by Gasteiger charge is -2.29. The lowest BCUT2D eigenvalue weighted by atomic mass is 9.83. The molecule has 0 bridgehead atoms. The molecule has 17 heavy (non-hydrogen) atoms. The van der Waals surface area contributed by atoms with Gasteiger partial charge in [-0.3, -0.25) is 0 Å². The molecular weight excluding hydrogens is 218 g/mol. The van der Waals surface area contributed by atoms with E-state index in [1.807, 2.05) is 19.9 Å². The monoisotopic (exact) mass is 239 g/mol. The van der Waals surface area contributed by atoms with Gasteiger partial charge in [-0.25, -0.2) is 0 Å². The summed E-state index contributed by atoms with van der Waals surface area (Å²) >= 11 is 0. The van der Waals surface area contributed by atoms with Crippen LogP contribution in [0.4, 0.5) is 0 Å². The molecule has 96 valence electrons. The van der Waals surface area contributed by atoms with Gasteiger partial charge < -0.3 is 20.3 Å². The van der Waals surface area contributed by atoms with Gasteiger partial charge in [-0.15, -0.1) is 0 Å². The van der Waals surface area contributed by atoms with Gasteiger partial charge >= 0.3 is 0 Å². The van der Waals surface area contributed by atoms with Crippen LogP contribution in [0, 0.1) is 5.41 Å². The summed E-state index contributed by atoms with van der Waals surface area (Å²) in [6.07, 6.45) is -0.632. The van der Waals surface area contributed by atoms with Crippen LogP contribution >= 0.6 is 0 Å². The second-order valence-electron chi connectivity index (χ2n) is 4.71. The van der Waals surface area contributed by atoms with Crippen molar-refractivity contribution in [2.45, 2.75) is 20.0 Å². The fourth-order valence-electron chi connectivity index (χ4n) is 1.59. The summed E-state index contributed by atoms with van der Waals surface area (Å²) in [5.41, 5.74) is 6.06. The molecule has 0 saturated carbocycles. The number of aliphatic hydroxyl groups is 1. The zero-order chi connectivity index (χ0) is 13.1. The molecule has 1 atom stereocenters. The second kappa shape index (κ2) is 5.38. The van der Waals surface area contributed by atoms with Gasteiger partial charge in [0.1, 0.15) is 0 Å². The smallest absolute Gasteiger partial charge is 0.161 e. The predicted octanol–water partition coefficient (Wildman–Crippen LogP) is 1.72. The number of hydrogen-bond acceptors (Lipinski definition) is 4. The topological polar surface area (TPSA) is 64.7 Å². The van der Waals surface area contributed by atoms with Crippen molar-refractivity contribution in [1.82, 2.24) is 0 Å². The van der Waals surface area contributed by atoms with Crippen LogP contribution in [0.15, 0.2) is 18.2 Å². The predicted molar refractivity (Wildman–Crippen MR) is 67.3 cm³/mol.